The number of unbranched alkanes of at least 4 members (excludes halogenated alkanes) is 1. The largest absolute Gasteiger partial charge is 0.378 e. The van der Waals surface area contributed by atoms with Crippen LogP contribution >= 0.6 is 0 Å². The molecule has 0 aromatic heterocycles. The van der Waals surface area contributed by atoms with Crippen LogP contribution in [-0.2, 0) is 9.53 Å². The minimum atomic E-state index is -0.602. The Bertz CT molecular complexity index is 382. The molecular formula is C15H26N2O2. The maximum absolute atomic E-state index is 12.8. The minimum Gasteiger partial charge on any atom is -0.378 e. The average molecular weight is 266 g/mol. The SMILES string of the molecule is CCCCC1=NC2(CCOC2)C(=O)N1C(C)(C)CC. The smallest absolute Gasteiger partial charge is 0.258 e. The maximum atomic E-state index is 12.8. The van der Waals surface area contributed by atoms with Crippen molar-refractivity contribution in [1.82, 2.24) is 4.90 Å². The fourth-order valence-corrected chi connectivity index (χ4v) is 2.77. The first-order valence-electron chi connectivity index (χ1n) is 7.48. The second-order valence-corrected chi connectivity index (χ2v) is 6.27. The van der Waals surface area contributed by atoms with Crippen LogP contribution < -0.4 is 0 Å². The van der Waals surface area contributed by atoms with Gasteiger partial charge in [-0.25, -0.2) is 0 Å². The van der Waals surface area contributed by atoms with Crippen molar-refractivity contribution in [3.8, 4) is 0 Å². The van der Waals surface area contributed by atoms with Crippen molar-refractivity contribution in [3.05, 3.63) is 0 Å². The molecule has 1 fully saturated rings. The monoisotopic (exact) mass is 266 g/mol. The lowest BCUT2D eigenvalue weighted by Crippen LogP contribution is -2.52. The molecule has 0 aliphatic carbocycles. The number of aliphatic imine (C=N–C) groups is 1. The molecule has 0 bridgehead atoms. The highest BCUT2D eigenvalue weighted by atomic mass is 16.5. The van der Waals surface area contributed by atoms with E-state index in [1.165, 1.54) is 0 Å². The molecule has 2 heterocycles. The first-order chi connectivity index (χ1) is 8.97. The van der Waals surface area contributed by atoms with E-state index in [-0.39, 0.29) is 11.4 Å². The maximum Gasteiger partial charge on any atom is 0.258 e. The Morgan fingerprint density at radius 2 is 2.16 bits per heavy atom. The van der Waals surface area contributed by atoms with Crippen molar-refractivity contribution in [2.75, 3.05) is 13.2 Å². The van der Waals surface area contributed by atoms with Gasteiger partial charge in [-0.2, -0.15) is 0 Å². The van der Waals surface area contributed by atoms with Gasteiger partial charge in [-0.15, -0.1) is 0 Å². The fourth-order valence-electron chi connectivity index (χ4n) is 2.77. The number of hydrogen-bond donors (Lipinski definition) is 0. The second-order valence-electron chi connectivity index (χ2n) is 6.27. The number of carbonyl (C=O) groups excluding carboxylic acids is 1. The van der Waals surface area contributed by atoms with Gasteiger partial charge in [0.25, 0.3) is 5.91 Å². The molecule has 0 saturated carbocycles. The first kappa shape index (κ1) is 14.5. The molecule has 0 radical (unpaired) electrons. The molecule has 19 heavy (non-hydrogen) atoms. The lowest BCUT2D eigenvalue weighted by atomic mass is 9.94. The highest BCUT2D eigenvalue weighted by Gasteiger charge is 2.53. The first-order valence-corrected chi connectivity index (χ1v) is 7.48. The number of hydrogen-bond acceptors (Lipinski definition) is 3. The topological polar surface area (TPSA) is 41.9 Å². The van der Waals surface area contributed by atoms with Gasteiger partial charge in [-0.1, -0.05) is 20.3 Å². The zero-order valence-corrected chi connectivity index (χ0v) is 12.7. The summed E-state index contributed by atoms with van der Waals surface area (Å²) in [7, 11) is 0. The Morgan fingerprint density at radius 3 is 2.68 bits per heavy atom. The van der Waals surface area contributed by atoms with Crippen LogP contribution in [0.15, 0.2) is 4.99 Å². The number of nitrogens with zero attached hydrogens (tertiary/aromatic N) is 2. The summed E-state index contributed by atoms with van der Waals surface area (Å²) in [5.74, 6) is 1.13. The number of rotatable bonds is 5. The standard InChI is InChI=1S/C15H26N2O2/c1-5-7-8-12-16-15(9-10-19-11-15)13(18)17(12)14(3,4)6-2/h5-11H2,1-4H3. The van der Waals surface area contributed by atoms with Gasteiger partial charge >= 0.3 is 0 Å². The number of amidine groups is 1. The fraction of sp³-hybridized carbons (Fsp3) is 0.867. The molecule has 108 valence electrons. The highest BCUT2D eigenvalue weighted by molar-refractivity contribution is 6.09. The lowest BCUT2D eigenvalue weighted by molar-refractivity contribution is -0.134. The van der Waals surface area contributed by atoms with E-state index in [0.29, 0.717) is 13.2 Å². The molecule has 0 N–H and O–H groups in total. The Hall–Kier alpha value is -0.900. The molecule has 4 nitrogen and oxygen atoms in total. The third kappa shape index (κ3) is 2.42. The third-order valence-corrected chi connectivity index (χ3v) is 4.43. The summed E-state index contributed by atoms with van der Waals surface area (Å²) in [6, 6.07) is 0. The number of ether oxygens (including phenoxy) is 1. The summed E-state index contributed by atoms with van der Waals surface area (Å²) in [5.41, 5.74) is -0.759. The number of carbonyl (C=O) groups is 1. The van der Waals surface area contributed by atoms with Crippen LogP contribution in [0, 0.1) is 0 Å². The van der Waals surface area contributed by atoms with Gasteiger partial charge in [0, 0.05) is 25.0 Å². The Balaban J connectivity index is 2.30. The molecule has 4 heteroatoms. The quantitative estimate of drug-likeness (QED) is 0.768. The van der Waals surface area contributed by atoms with Crippen LogP contribution in [-0.4, -0.2) is 40.9 Å². The summed E-state index contributed by atoms with van der Waals surface area (Å²) in [6.07, 6.45) is 4.77. The Labute approximate surface area is 116 Å². The van der Waals surface area contributed by atoms with Gasteiger partial charge < -0.3 is 4.74 Å². The average Bonchev–Trinajstić information content (AvgIpc) is 2.95. The van der Waals surface area contributed by atoms with Gasteiger partial charge in [0.15, 0.2) is 5.54 Å². The molecular weight excluding hydrogens is 240 g/mol. The molecule has 1 saturated heterocycles. The van der Waals surface area contributed by atoms with Crippen molar-refractivity contribution < 1.29 is 9.53 Å². The van der Waals surface area contributed by atoms with Crippen molar-refractivity contribution in [2.45, 2.75) is 70.9 Å². The zero-order chi connectivity index (χ0) is 14.1. The van der Waals surface area contributed by atoms with Crippen LogP contribution in [0.1, 0.15) is 59.8 Å². The summed E-state index contributed by atoms with van der Waals surface area (Å²) in [6.45, 7) is 9.65. The van der Waals surface area contributed by atoms with Crippen LogP contribution in [0.25, 0.3) is 0 Å². The Morgan fingerprint density at radius 1 is 1.42 bits per heavy atom. The molecule has 2 aliphatic heterocycles. The van der Waals surface area contributed by atoms with E-state index < -0.39 is 5.54 Å². The summed E-state index contributed by atoms with van der Waals surface area (Å²) in [4.78, 5) is 19.6. The van der Waals surface area contributed by atoms with Crippen LogP contribution in [0.2, 0.25) is 0 Å². The highest BCUT2D eigenvalue weighted by Crippen LogP contribution is 2.37. The summed E-state index contributed by atoms with van der Waals surface area (Å²) in [5, 5.41) is 0. The van der Waals surface area contributed by atoms with Crippen LogP contribution in [0.5, 0.6) is 0 Å². The van der Waals surface area contributed by atoms with E-state index in [1.807, 2.05) is 4.90 Å². The predicted molar refractivity (Wildman–Crippen MR) is 76.3 cm³/mol. The predicted octanol–water partition coefficient (Wildman–Crippen LogP) is 2.77. The van der Waals surface area contributed by atoms with E-state index in [0.717, 1.165) is 37.9 Å². The molecule has 0 aromatic rings. The summed E-state index contributed by atoms with van der Waals surface area (Å²) >= 11 is 0. The molecule has 2 aliphatic rings. The molecule has 2 rings (SSSR count). The third-order valence-electron chi connectivity index (χ3n) is 4.43. The number of amides is 1. The lowest BCUT2D eigenvalue weighted by Gasteiger charge is -2.36. The van der Waals surface area contributed by atoms with Crippen molar-refractivity contribution >= 4 is 11.7 Å². The molecule has 1 atom stereocenters. The molecule has 1 spiro atoms. The molecule has 1 unspecified atom stereocenters. The van der Waals surface area contributed by atoms with Gasteiger partial charge in [0.1, 0.15) is 5.84 Å². The van der Waals surface area contributed by atoms with Crippen molar-refractivity contribution in [2.24, 2.45) is 4.99 Å². The Kier molecular flexibility index (Phi) is 4.00. The van der Waals surface area contributed by atoms with E-state index in [2.05, 4.69) is 27.7 Å². The van der Waals surface area contributed by atoms with Gasteiger partial charge in [0.05, 0.1) is 6.61 Å². The van der Waals surface area contributed by atoms with Crippen LogP contribution in [0.4, 0.5) is 0 Å². The van der Waals surface area contributed by atoms with Crippen molar-refractivity contribution in [1.29, 1.82) is 0 Å². The van der Waals surface area contributed by atoms with Crippen LogP contribution in [0.3, 0.4) is 0 Å². The van der Waals surface area contributed by atoms with Gasteiger partial charge in [-0.05, 0) is 26.7 Å². The second kappa shape index (κ2) is 5.23. The van der Waals surface area contributed by atoms with Crippen molar-refractivity contribution in [3.63, 3.8) is 0 Å². The van der Waals surface area contributed by atoms with Gasteiger partial charge in [-0.3, -0.25) is 14.7 Å². The van der Waals surface area contributed by atoms with E-state index in [4.69, 9.17) is 9.73 Å². The molecule has 0 aromatic carbocycles. The molecule has 1 amide bonds. The van der Waals surface area contributed by atoms with E-state index >= 15 is 0 Å². The zero-order valence-electron chi connectivity index (χ0n) is 12.7. The van der Waals surface area contributed by atoms with E-state index in [9.17, 15) is 4.79 Å². The van der Waals surface area contributed by atoms with E-state index in [1.54, 1.807) is 0 Å². The van der Waals surface area contributed by atoms with Gasteiger partial charge in [0.2, 0.25) is 0 Å². The minimum absolute atomic E-state index is 0.156. The summed E-state index contributed by atoms with van der Waals surface area (Å²) < 4.78 is 5.45. The normalized spacial score (nSPS) is 27.5.